The van der Waals surface area contributed by atoms with E-state index in [1.165, 1.54) is 69.8 Å². The van der Waals surface area contributed by atoms with Gasteiger partial charge in [-0.1, -0.05) is 44.1 Å². The van der Waals surface area contributed by atoms with Crippen LogP contribution in [-0.2, 0) is 0 Å². The third-order valence-electron chi connectivity index (χ3n) is 7.31. The topological polar surface area (TPSA) is 9.23 Å². The van der Waals surface area contributed by atoms with Crippen LogP contribution < -0.4 is 4.74 Å². The minimum Gasteiger partial charge on any atom is -0.494 e. The summed E-state index contributed by atoms with van der Waals surface area (Å²) >= 11 is 0. The van der Waals surface area contributed by atoms with E-state index in [9.17, 15) is 4.39 Å². The molecule has 0 aromatic heterocycles. The van der Waals surface area contributed by atoms with Crippen molar-refractivity contribution in [2.75, 3.05) is 13.3 Å². The number of hydrogen-bond acceptors (Lipinski definition) is 1. The van der Waals surface area contributed by atoms with Crippen LogP contribution in [0.25, 0.3) is 0 Å². The zero-order chi connectivity index (χ0) is 20.3. The van der Waals surface area contributed by atoms with Crippen LogP contribution in [0.15, 0.2) is 36.4 Å². The summed E-state index contributed by atoms with van der Waals surface area (Å²) in [5.74, 6) is 4.33. The fourth-order valence-corrected chi connectivity index (χ4v) is 5.46. The molecule has 0 aliphatic heterocycles. The Labute approximate surface area is 178 Å². The number of ether oxygens (including phenoxy) is 1. The summed E-state index contributed by atoms with van der Waals surface area (Å²) in [5, 5.41) is 0. The molecule has 0 unspecified atom stereocenters. The smallest absolute Gasteiger partial charge is 0.119 e. The van der Waals surface area contributed by atoms with E-state index < -0.39 is 0 Å². The first-order valence-electron chi connectivity index (χ1n) is 12.3. The van der Waals surface area contributed by atoms with Crippen LogP contribution in [0.4, 0.5) is 4.39 Å². The van der Waals surface area contributed by atoms with Crippen LogP contribution in [0.5, 0.6) is 5.75 Å². The Hall–Kier alpha value is -1.31. The van der Waals surface area contributed by atoms with Crippen molar-refractivity contribution in [3.8, 4) is 5.75 Å². The maximum absolute atomic E-state index is 12.2. The normalized spacial score (nSPS) is 27.9. The molecule has 0 atom stereocenters. The monoisotopic (exact) mass is 400 g/mol. The number of halogens is 1. The van der Waals surface area contributed by atoms with Gasteiger partial charge in [0.1, 0.15) is 5.75 Å². The highest BCUT2D eigenvalue weighted by Crippen LogP contribution is 2.44. The van der Waals surface area contributed by atoms with E-state index >= 15 is 0 Å². The molecule has 0 amide bonds. The summed E-state index contributed by atoms with van der Waals surface area (Å²) in [4.78, 5) is 0. The first-order valence-corrected chi connectivity index (χ1v) is 12.3. The average molecular weight is 401 g/mol. The molecule has 0 heterocycles. The predicted octanol–water partition coefficient (Wildman–Crippen LogP) is 8.25. The third-order valence-corrected chi connectivity index (χ3v) is 7.31. The van der Waals surface area contributed by atoms with E-state index in [2.05, 4.69) is 43.3 Å². The number of hydrogen-bond donors (Lipinski definition) is 0. The quantitative estimate of drug-likeness (QED) is 0.284. The van der Waals surface area contributed by atoms with E-state index in [-0.39, 0.29) is 6.67 Å². The molecule has 29 heavy (non-hydrogen) atoms. The molecule has 2 fully saturated rings. The van der Waals surface area contributed by atoms with Gasteiger partial charge in [0.2, 0.25) is 0 Å². The Balaban J connectivity index is 1.38. The molecular formula is C27H41FO. The molecule has 1 aromatic rings. The van der Waals surface area contributed by atoms with Crippen molar-refractivity contribution in [2.24, 2.45) is 17.8 Å². The van der Waals surface area contributed by atoms with Crippen molar-refractivity contribution in [3.63, 3.8) is 0 Å². The Morgan fingerprint density at radius 1 is 0.897 bits per heavy atom. The fourth-order valence-electron chi connectivity index (χ4n) is 5.46. The molecule has 0 bridgehead atoms. The number of rotatable bonds is 10. The Bertz CT molecular complexity index is 577. The van der Waals surface area contributed by atoms with Crippen LogP contribution in [0, 0.1) is 17.8 Å². The van der Waals surface area contributed by atoms with Crippen molar-refractivity contribution in [1.29, 1.82) is 0 Å². The van der Waals surface area contributed by atoms with Crippen molar-refractivity contribution < 1.29 is 9.13 Å². The fraction of sp³-hybridized carbons (Fsp3) is 0.704. The second kappa shape index (κ2) is 12.4. The van der Waals surface area contributed by atoms with Gasteiger partial charge in [0.15, 0.2) is 0 Å². The summed E-state index contributed by atoms with van der Waals surface area (Å²) in [6.07, 6.45) is 19.4. The lowest BCUT2D eigenvalue weighted by atomic mass is 9.68. The minimum atomic E-state index is -0.218. The van der Waals surface area contributed by atoms with Gasteiger partial charge in [-0.15, -0.1) is 0 Å². The highest BCUT2D eigenvalue weighted by atomic mass is 19.1. The number of unbranched alkanes of at least 4 members (excludes halogenated alkanes) is 2. The average Bonchev–Trinajstić information content (AvgIpc) is 2.78. The highest BCUT2D eigenvalue weighted by Gasteiger charge is 2.30. The van der Waals surface area contributed by atoms with Crippen LogP contribution in [-0.4, -0.2) is 13.3 Å². The maximum atomic E-state index is 12.2. The minimum absolute atomic E-state index is 0.218. The predicted molar refractivity (Wildman–Crippen MR) is 121 cm³/mol. The molecule has 1 aromatic carbocycles. The van der Waals surface area contributed by atoms with Gasteiger partial charge in [0.25, 0.3) is 0 Å². The summed E-state index contributed by atoms with van der Waals surface area (Å²) in [5.41, 5.74) is 1.51. The first-order chi connectivity index (χ1) is 14.3. The van der Waals surface area contributed by atoms with Crippen molar-refractivity contribution >= 4 is 0 Å². The number of allylic oxidation sites excluding steroid dienone is 2. The number of benzene rings is 1. The van der Waals surface area contributed by atoms with Crippen molar-refractivity contribution in [1.82, 2.24) is 0 Å². The van der Waals surface area contributed by atoms with Gasteiger partial charge in [0.05, 0.1) is 13.3 Å². The SMILES string of the molecule is CCCCCOc1ccc(C2CCC([C@H]3CC[C@H](/C=C/CCF)CC3)CC2)cc1. The van der Waals surface area contributed by atoms with Gasteiger partial charge in [0, 0.05) is 0 Å². The van der Waals surface area contributed by atoms with Gasteiger partial charge in [-0.25, -0.2) is 0 Å². The van der Waals surface area contributed by atoms with Crippen molar-refractivity contribution in [2.45, 2.75) is 89.9 Å². The van der Waals surface area contributed by atoms with Gasteiger partial charge in [-0.3, -0.25) is 4.39 Å². The summed E-state index contributed by atoms with van der Waals surface area (Å²) in [7, 11) is 0. The van der Waals surface area contributed by atoms with Gasteiger partial charge >= 0.3 is 0 Å². The Kier molecular flexibility index (Phi) is 9.57. The lowest BCUT2D eigenvalue weighted by molar-refractivity contribution is 0.171. The molecule has 0 radical (unpaired) electrons. The summed E-state index contributed by atoms with van der Waals surface area (Å²) in [6.45, 7) is 2.85. The molecule has 162 valence electrons. The van der Waals surface area contributed by atoms with E-state index in [0.29, 0.717) is 12.3 Å². The maximum Gasteiger partial charge on any atom is 0.119 e. The molecule has 2 heteroatoms. The van der Waals surface area contributed by atoms with E-state index in [1.807, 2.05) is 0 Å². The van der Waals surface area contributed by atoms with Crippen LogP contribution in [0.2, 0.25) is 0 Å². The second-order valence-corrected chi connectivity index (χ2v) is 9.32. The van der Waals surface area contributed by atoms with Gasteiger partial charge < -0.3 is 4.74 Å². The van der Waals surface area contributed by atoms with Crippen LogP contribution >= 0.6 is 0 Å². The molecule has 3 rings (SSSR count). The van der Waals surface area contributed by atoms with E-state index in [1.54, 1.807) is 0 Å². The molecule has 1 nitrogen and oxygen atoms in total. The largest absolute Gasteiger partial charge is 0.494 e. The first kappa shape index (κ1) is 22.4. The second-order valence-electron chi connectivity index (χ2n) is 9.32. The van der Waals surface area contributed by atoms with E-state index in [0.717, 1.165) is 36.5 Å². The molecule has 2 aliphatic carbocycles. The molecule has 2 saturated carbocycles. The lowest BCUT2D eigenvalue weighted by Gasteiger charge is -2.37. The standard InChI is InChI=1S/C27H41FO/c1-2-3-6-21-29-27-18-16-26(17-19-27)25-14-12-24(13-15-25)23-10-8-22(9-11-23)7-4-5-20-28/h4,7,16-19,22-25H,2-3,5-6,8-15,20-21H2,1H3/b7-4+/t22-,23-,24?,25?. The zero-order valence-electron chi connectivity index (χ0n) is 18.5. The number of alkyl halides is 1. The molecular weight excluding hydrogens is 359 g/mol. The summed E-state index contributed by atoms with van der Waals surface area (Å²) < 4.78 is 18.1. The van der Waals surface area contributed by atoms with Gasteiger partial charge in [-0.05, 0) is 106 Å². The molecule has 0 saturated heterocycles. The summed E-state index contributed by atoms with van der Waals surface area (Å²) in [6, 6.07) is 8.94. The molecule has 2 aliphatic rings. The molecule has 0 N–H and O–H groups in total. The highest BCUT2D eigenvalue weighted by molar-refractivity contribution is 5.29. The zero-order valence-corrected chi connectivity index (χ0v) is 18.5. The van der Waals surface area contributed by atoms with Crippen molar-refractivity contribution in [3.05, 3.63) is 42.0 Å². The Morgan fingerprint density at radius 3 is 2.17 bits per heavy atom. The van der Waals surface area contributed by atoms with Gasteiger partial charge in [-0.2, -0.15) is 0 Å². The van der Waals surface area contributed by atoms with Crippen LogP contribution in [0.1, 0.15) is 95.5 Å². The molecule has 0 spiro atoms. The van der Waals surface area contributed by atoms with Crippen LogP contribution in [0.3, 0.4) is 0 Å². The Morgan fingerprint density at radius 2 is 1.55 bits per heavy atom. The van der Waals surface area contributed by atoms with E-state index in [4.69, 9.17) is 4.74 Å². The lowest BCUT2D eigenvalue weighted by Crippen LogP contribution is -2.25. The third kappa shape index (κ3) is 7.15.